The van der Waals surface area contributed by atoms with E-state index in [-0.39, 0.29) is 27.9 Å². The second kappa shape index (κ2) is 6.96. The first kappa shape index (κ1) is 17.6. The second-order valence-electron chi connectivity index (χ2n) is 5.36. The van der Waals surface area contributed by atoms with Gasteiger partial charge in [-0.15, -0.1) is 11.8 Å². The molecule has 134 valence electrons. The number of thioether (sulfide) groups is 1. The van der Waals surface area contributed by atoms with Crippen LogP contribution in [0.15, 0.2) is 16.4 Å². The van der Waals surface area contributed by atoms with Crippen molar-refractivity contribution in [3.05, 3.63) is 17.1 Å². The highest BCUT2D eigenvalue weighted by Crippen LogP contribution is 2.39. The van der Waals surface area contributed by atoms with E-state index in [2.05, 4.69) is 24.7 Å². The first-order valence-corrected chi connectivity index (χ1v) is 9.03. The van der Waals surface area contributed by atoms with Gasteiger partial charge in [-0.25, -0.2) is 4.39 Å². The Bertz CT molecular complexity index is 780. The van der Waals surface area contributed by atoms with Crippen molar-refractivity contribution in [3.63, 3.8) is 0 Å². The molecule has 0 radical (unpaired) electrons. The van der Waals surface area contributed by atoms with Crippen LogP contribution in [0.3, 0.4) is 0 Å². The molecule has 3 heterocycles. The smallest absolute Gasteiger partial charge is 0.278 e. The number of nitrogen functional groups attached to an aromatic ring is 1. The van der Waals surface area contributed by atoms with Gasteiger partial charge in [-0.2, -0.15) is 9.36 Å². The maximum Gasteiger partial charge on any atom is 0.278 e. The summed E-state index contributed by atoms with van der Waals surface area (Å²) in [7, 11) is 0. The third-order valence-corrected chi connectivity index (χ3v) is 5.82. The van der Waals surface area contributed by atoms with E-state index in [0.717, 1.165) is 28.6 Å². The van der Waals surface area contributed by atoms with Gasteiger partial charge in [0.05, 0.1) is 0 Å². The van der Waals surface area contributed by atoms with Crippen molar-refractivity contribution < 1.29 is 18.8 Å². The van der Waals surface area contributed by atoms with Gasteiger partial charge in [0.15, 0.2) is 5.13 Å². The Balaban J connectivity index is 1.76. The number of rotatable bonds is 5. The number of alkyl halides is 1. The van der Waals surface area contributed by atoms with Crippen LogP contribution in [-0.2, 0) is 14.4 Å². The average Bonchev–Trinajstić information content (AvgIpc) is 3.01. The molecule has 3 N–H and O–H groups in total. The van der Waals surface area contributed by atoms with E-state index in [1.54, 1.807) is 16.7 Å². The van der Waals surface area contributed by atoms with Crippen molar-refractivity contribution in [2.45, 2.75) is 25.3 Å². The number of nitrogens with one attached hydrogen (secondary N) is 1. The molecule has 12 heteroatoms. The molecule has 1 saturated heterocycles. The first-order chi connectivity index (χ1) is 11.9. The Morgan fingerprint density at radius 3 is 2.96 bits per heavy atom. The molecule has 1 unspecified atom stereocenters. The van der Waals surface area contributed by atoms with E-state index in [0.29, 0.717) is 0 Å². The lowest BCUT2D eigenvalue weighted by Crippen LogP contribution is -2.70. The molecule has 0 spiro atoms. The summed E-state index contributed by atoms with van der Waals surface area (Å²) in [6.45, 7) is 2.63. The van der Waals surface area contributed by atoms with E-state index in [4.69, 9.17) is 5.73 Å². The Labute approximate surface area is 150 Å². The average molecular weight is 386 g/mol. The van der Waals surface area contributed by atoms with Gasteiger partial charge in [0.25, 0.3) is 18.7 Å². The lowest BCUT2D eigenvalue weighted by Gasteiger charge is -2.49. The molecule has 2 aliphatic heterocycles. The number of allylic oxidation sites excluding steroid dienone is 1. The number of halogens is 1. The van der Waals surface area contributed by atoms with Crippen LogP contribution in [0, 0.1) is 0 Å². The monoisotopic (exact) mass is 386 g/mol. The molecule has 3 rings (SSSR count). The third-order valence-electron chi connectivity index (χ3n) is 3.85. The zero-order chi connectivity index (χ0) is 18.1. The van der Waals surface area contributed by atoms with Crippen LogP contribution >= 0.6 is 23.3 Å². The van der Waals surface area contributed by atoms with Crippen LogP contribution in [0.5, 0.6) is 0 Å². The minimum atomic E-state index is -1.21. The standard InChI is InChI=1S/C13H15FN6O3S2/c1-5-3-24-12-8(11(22)20(12)6(5)2)16-10(21)7(18-23-4-14)9-17-13(15)25-19-9/h8,12H,3-4H2,1-2H3,(H,16,21)(H2,15,17,19)/b18-7+/t8-,12?/m1/s1. The van der Waals surface area contributed by atoms with Crippen LogP contribution in [0.4, 0.5) is 9.52 Å². The number of oxime groups is 1. The predicted molar refractivity (Wildman–Crippen MR) is 91.3 cm³/mol. The predicted octanol–water partition coefficient (Wildman–Crippen LogP) is 0.462. The van der Waals surface area contributed by atoms with Crippen LogP contribution in [0.1, 0.15) is 19.7 Å². The van der Waals surface area contributed by atoms with Gasteiger partial charge in [-0.3, -0.25) is 14.5 Å². The van der Waals surface area contributed by atoms with E-state index >= 15 is 0 Å². The Morgan fingerprint density at radius 1 is 1.56 bits per heavy atom. The van der Waals surface area contributed by atoms with Gasteiger partial charge in [-0.05, 0) is 19.4 Å². The molecule has 9 nitrogen and oxygen atoms in total. The quantitative estimate of drug-likeness (QED) is 0.428. The van der Waals surface area contributed by atoms with Crippen LogP contribution in [-0.4, -0.2) is 55.8 Å². The maximum absolute atomic E-state index is 12.5. The number of anilines is 1. The maximum atomic E-state index is 12.5. The van der Waals surface area contributed by atoms with Gasteiger partial charge in [0.2, 0.25) is 11.5 Å². The highest BCUT2D eigenvalue weighted by Gasteiger charge is 2.51. The van der Waals surface area contributed by atoms with Gasteiger partial charge in [0.1, 0.15) is 11.4 Å². The molecule has 2 atom stereocenters. The van der Waals surface area contributed by atoms with Crippen molar-refractivity contribution in [2.75, 3.05) is 18.3 Å². The molecule has 0 saturated carbocycles. The third kappa shape index (κ3) is 3.18. The Morgan fingerprint density at radius 2 is 2.32 bits per heavy atom. The van der Waals surface area contributed by atoms with Gasteiger partial charge >= 0.3 is 0 Å². The van der Waals surface area contributed by atoms with Crippen molar-refractivity contribution in [1.82, 2.24) is 19.6 Å². The lowest BCUT2D eigenvalue weighted by molar-refractivity contribution is -0.145. The van der Waals surface area contributed by atoms with Crippen molar-refractivity contribution >= 4 is 46.0 Å². The fourth-order valence-corrected chi connectivity index (χ4v) is 4.31. The highest BCUT2D eigenvalue weighted by atomic mass is 32.2. The first-order valence-electron chi connectivity index (χ1n) is 7.21. The number of aromatic nitrogens is 2. The highest BCUT2D eigenvalue weighted by molar-refractivity contribution is 8.00. The van der Waals surface area contributed by atoms with Crippen molar-refractivity contribution in [3.8, 4) is 0 Å². The van der Waals surface area contributed by atoms with E-state index in [1.165, 1.54) is 0 Å². The number of amides is 2. The minimum Gasteiger partial charge on any atom is -0.374 e. The summed E-state index contributed by atoms with van der Waals surface area (Å²) >= 11 is 2.42. The SMILES string of the molecule is CC1=C(C)N2C(=O)[C@@H](NC(=O)/C(=N/OCF)c3nsc(N)n3)C2SC1. The summed E-state index contributed by atoms with van der Waals surface area (Å²) in [6, 6.07) is -0.702. The zero-order valence-corrected chi connectivity index (χ0v) is 15.0. The van der Waals surface area contributed by atoms with Crippen molar-refractivity contribution in [2.24, 2.45) is 5.16 Å². The molecular weight excluding hydrogens is 371 g/mol. The summed E-state index contributed by atoms with van der Waals surface area (Å²) in [4.78, 5) is 34.6. The van der Waals surface area contributed by atoms with Crippen molar-refractivity contribution in [1.29, 1.82) is 0 Å². The fraction of sp³-hybridized carbons (Fsp3) is 0.462. The van der Waals surface area contributed by atoms with Gasteiger partial charge in [0, 0.05) is 23.0 Å². The minimum absolute atomic E-state index is 0.0831. The number of carbonyl (C=O) groups excluding carboxylic acids is 2. The van der Waals surface area contributed by atoms with E-state index < -0.39 is 18.8 Å². The summed E-state index contributed by atoms with van der Waals surface area (Å²) in [5.41, 5.74) is 7.19. The fourth-order valence-electron chi connectivity index (χ4n) is 2.46. The van der Waals surface area contributed by atoms with Crippen LogP contribution in [0.2, 0.25) is 0 Å². The molecule has 25 heavy (non-hydrogen) atoms. The summed E-state index contributed by atoms with van der Waals surface area (Å²) < 4.78 is 16.1. The summed E-state index contributed by atoms with van der Waals surface area (Å²) in [5.74, 6) is -0.240. The van der Waals surface area contributed by atoms with E-state index in [9.17, 15) is 14.0 Å². The molecule has 1 aromatic heterocycles. The second-order valence-corrected chi connectivity index (χ2v) is 7.25. The largest absolute Gasteiger partial charge is 0.374 e. The number of β-lactam (4-membered cyclic amide) rings is 1. The van der Waals surface area contributed by atoms with Gasteiger partial charge < -0.3 is 15.9 Å². The zero-order valence-electron chi connectivity index (χ0n) is 13.4. The summed E-state index contributed by atoms with van der Waals surface area (Å²) in [5, 5.41) is 5.94. The number of carbonyl (C=O) groups is 2. The molecule has 1 aromatic rings. The Kier molecular flexibility index (Phi) is 4.90. The molecule has 2 aliphatic rings. The molecule has 1 fully saturated rings. The molecule has 0 aromatic carbocycles. The number of hydrogen-bond acceptors (Lipinski definition) is 9. The molecular formula is C13H15FN6O3S2. The summed E-state index contributed by atoms with van der Waals surface area (Å²) in [6.07, 6.45) is 0. The van der Waals surface area contributed by atoms with Crippen LogP contribution < -0.4 is 11.1 Å². The Hall–Kier alpha value is -2.21. The number of hydrogen-bond donors (Lipinski definition) is 2. The lowest BCUT2D eigenvalue weighted by atomic mass is 10.0. The molecule has 0 bridgehead atoms. The number of nitrogens with two attached hydrogens (primary N) is 1. The number of nitrogens with zero attached hydrogens (tertiary/aromatic N) is 4. The molecule has 0 aliphatic carbocycles. The van der Waals surface area contributed by atoms with Crippen LogP contribution in [0.25, 0.3) is 0 Å². The topological polar surface area (TPSA) is 123 Å². The molecule has 2 amide bonds. The number of fused-ring (bicyclic) bond motifs is 1. The van der Waals surface area contributed by atoms with Gasteiger partial charge in [-0.1, -0.05) is 5.16 Å². The van der Waals surface area contributed by atoms with E-state index in [1.807, 2.05) is 13.8 Å². The normalized spacial score (nSPS) is 23.2.